The Hall–Kier alpha value is -2.75. The first-order valence-electron chi connectivity index (χ1n) is 8.23. The van der Waals surface area contributed by atoms with Gasteiger partial charge in [0.1, 0.15) is 11.3 Å². The summed E-state index contributed by atoms with van der Waals surface area (Å²) in [6, 6.07) is 15.8. The summed E-state index contributed by atoms with van der Waals surface area (Å²) in [5.74, 6) is 0.937. The summed E-state index contributed by atoms with van der Waals surface area (Å²) in [6.45, 7) is 0. The molecule has 0 aliphatic heterocycles. The van der Waals surface area contributed by atoms with E-state index in [4.69, 9.17) is 9.15 Å². The van der Waals surface area contributed by atoms with Crippen LogP contribution in [0.25, 0.3) is 22.1 Å². The monoisotopic (exact) mass is 321 g/mol. The van der Waals surface area contributed by atoms with Gasteiger partial charge in [0.25, 0.3) is 5.91 Å². The van der Waals surface area contributed by atoms with Gasteiger partial charge in [-0.1, -0.05) is 30.3 Å². The van der Waals surface area contributed by atoms with Crippen LogP contribution in [0.2, 0.25) is 0 Å². The lowest BCUT2D eigenvalue weighted by Crippen LogP contribution is -2.39. The molecule has 2 aromatic carbocycles. The molecule has 0 spiro atoms. The lowest BCUT2D eigenvalue weighted by molar-refractivity contribution is 0.0891. The fourth-order valence-electron chi connectivity index (χ4n) is 3.06. The lowest BCUT2D eigenvalue weighted by Gasteiger charge is -2.26. The summed E-state index contributed by atoms with van der Waals surface area (Å²) in [6.07, 6.45) is 3.26. The largest absolute Gasteiger partial charge is 0.497 e. The number of fused-ring (bicyclic) bond motifs is 1. The predicted molar refractivity (Wildman–Crippen MR) is 93.3 cm³/mol. The molecule has 1 saturated carbocycles. The smallest absolute Gasteiger partial charge is 0.287 e. The van der Waals surface area contributed by atoms with Crippen LogP contribution in [0.1, 0.15) is 29.8 Å². The van der Waals surface area contributed by atoms with E-state index in [1.807, 2.05) is 48.5 Å². The Kier molecular flexibility index (Phi) is 3.73. The second-order valence-corrected chi connectivity index (χ2v) is 6.14. The molecule has 3 aromatic rings. The Balaban J connectivity index is 1.85. The highest BCUT2D eigenvalue weighted by atomic mass is 16.5. The summed E-state index contributed by atoms with van der Waals surface area (Å²) in [7, 11) is 1.62. The fraction of sp³-hybridized carbons (Fsp3) is 0.250. The third-order valence-electron chi connectivity index (χ3n) is 4.61. The average molecular weight is 321 g/mol. The Morgan fingerprint density at radius 3 is 2.62 bits per heavy atom. The van der Waals surface area contributed by atoms with Gasteiger partial charge in [0.15, 0.2) is 0 Å². The van der Waals surface area contributed by atoms with Gasteiger partial charge in [-0.15, -0.1) is 0 Å². The second-order valence-electron chi connectivity index (χ2n) is 6.14. The molecule has 122 valence electrons. The summed E-state index contributed by atoms with van der Waals surface area (Å²) < 4.78 is 11.2. The molecule has 1 aliphatic rings. The van der Waals surface area contributed by atoms with E-state index in [0.717, 1.165) is 29.4 Å². The molecule has 1 fully saturated rings. The van der Waals surface area contributed by atoms with Crippen molar-refractivity contribution in [3.63, 3.8) is 0 Å². The summed E-state index contributed by atoms with van der Waals surface area (Å²) >= 11 is 0. The molecule has 1 amide bonds. The Morgan fingerprint density at radius 1 is 1.17 bits per heavy atom. The van der Waals surface area contributed by atoms with Crippen molar-refractivity contribution >= 4 is 16.9 Å². The number of methoxy groups -OCH3 is 1. The molecule has 4 rings (SSSR count). The SMILES string of the molecule is COc1ccc2c(-c3ccccc3)c(C(=O)NC3CCC3)oc2c1. The van der Waals surface area contributed by atoms with Gasteiger partial charge in [-0.25, -0.2) is 0 Å². The number of hydrogen-bond donors (Lipinski definition) is 1. The zero-order chi connectivity index (χ0) is 16.5. The molecule has 24 heavy (non-hydrogen) atoms. The van der Waals surface area contributed by atoms with Crippen LogP contribution in [0.3, 0.4) is 0 Å². The number of hydrogen-bond acceptors (Lipinski definition) is 3. The predicted octanol–water partition coefficient (Wildman–Crippen LogP) is 4.39. The minimum atomic E-state index is -0.145. The first-order chi connectivity index (χ1) is 11.8. The quantitative estimate of drug-likeness (QED) is 0.775. The van der Waals surface area contributed by atoms with Crippen molar-refractivity contribution in [2.24, 2.45) is 0 Å². The van der Waals surface area contributed by atoms with Crippen molar-refractivity contribution in [1.82, 2.24) is 5.32 Å². The van der Waals surface area contributed by atoms with E-state index in [1.54, 1.807) is 7.11 Å². The molecule has 1 N–H and O–H groups in total. The van der Waals surface area contributed by atoms with E-state index in [9.17, 15) is 4.79 Å². The van der Waals surface area contributed by atoms with Gasteiger partial charge in [0.2, 0.25) is 5.76 Å². The third kappa shape index (κ3) is 2.54. The molecular weight excluding hydrogens is 302 g/mol. The maximum Gasteiger partial charge on any atom is 0.287 e. The van der Waals surface area contributed by atoms with Crippen LogP contribution in [0.4, 0.5) is 0 Å². The summed E-state index contributed by atoms with van der Waals surface area (Å²) in [5, 5.41) is 3.99. The van der Waals surface area contributed by atoms with Gasteiger partial charge in [0.05, 0.1) is 7.11 Å². The number of nitrogens with one attached hydrogen (secondary N) is 1. The fourth-order valence-corrected chi connectivity index (χ4v) is 3.06. The number of furan rings is 1. The number of ether oxygens (including phenoxy) is 1. The van der Waals surface area contributed by atoms with Crippen LogP contribution >= 0.6 is 0 Å². The van der Waals surface area contributed by atoms with Gasteiger partial charge in [-0.2, -0.15) is 0 Å². The highest BCUT2D eigenvalue weighted by molar-refractivity contribution is 6.08. The zero-order valence-corrected chi connectivity index (χ0v) is 13.5. The van der Waals surface area contributed by atoms with Crippen LogP contribution in [-0.2, 0) is 0 Å². The van der Waals surface area contributed by atoms with Crippen LogP contribution in [0.15, 0.2) is 52.9 Å². The molecular formula is C20H19NO3. The molecule has 0 saturated heterocycles. The number of carbonyl (C=O) groups excluding carboxylic acids is 1. The van der Waals surface area contributed by atoms with Crippen molar-refractivity contribution in [1.29, 1.82) is 0 Å². The van der Waals surface area contributed by atoms with E-state index < -0.39 is 0 Å². The van der Waals surface area contributed by atoms with Crippen molar-refractivity contribution < 1.29 is 13.9 Å². The van der Waals surface area contributed by atoms with Crippen LogP contribution in [-0.4, -0.2) is 19.1 Å². The minimum absolute atomic E-state index is 0.145. The van der Waals surface area contributed by atoms with E-state index in [-0.39, 0.29) is 11.9 Å². The molecule has 1 heterocycles. The number of benzene rings is 2. The zero-order valence-electron chi connectivity index (χ0n) is 13.5. The Bertz CT molecular complexity index is 879. The Labute approximate surface area is 140 Å². The van der Waals surface area contributed by atoms with Gasteiger partial charge in [0, 0.05) is 23.1 Å². The molecule has 4 heteroatoms. The van der Waals surface area contributed by atoms with Gasteiger partial charge in [-0.3, -0.25) is 4.79 Å². The van der Waals surface area contributed by atoms with Crippen molar-refractivity contribution in [3.05, 3.63) is 54.3 Å². The highest BCUT2D eigenvalue weighted by Gasteiger charge is 2.26. The first-order valence-corrected chi connectivity index (χ1v) is 8.23. The van der Waals surface area contributed by atoms with Gasteiger partial charge in [-0.05, 0) is 37.0 Å². The molecule has 1 aliphatic carbocycles. The Morgan fingerprint density at radius 2 is 1.96 bits per heavy atom. The van der Waals surface area contributed by atoms with Gasteiger partial charge < -0.3 is 14.5 Å². The van der Waals surface area contributed by atoms with Crippen LogP contribution < -0.4 is 10.1 Å². The molecule has 0 radical (unpaired) electrons. The summed E-state index contributed by atoms with van der Waals surface area (Å²) in [5.41, 5.74) is 2.47. The lowest BCUT2D eigenvalue weighted by atomic mass is 9.93. The molecule has 0 bridgehead atoms. The van der Waals surface area contributed by atoms with Crippen molar-refractivity contribution in [3.8, 4) is 16.9 Å². The van der Waals surface area contributed by atoms with Crippen LogP contribution in [0, 0.1) is 0 Å². The normalized spacial score (nSPS) is 14.4. The molecule has 0 unspecified atom stereocenters. The third-order valence-corrected chi connectivity index (χ3v) is 4.61. The van der Waals surface area contributed by atoms with Crippen molar-refractivity contribution in [2.45, 2.75) is 25.3 Å². The number of amides is 1. The van der Waals surface area contributed by atoms with Crippen LogP contribution in [0.5, 0.6) is 5.75 Å². The highest BCUT2D eigenvalue weighted by Crippen LogP contribution is 2.36. The van der Waals surface area contributed by atoms with E-state index in [1.165, 1.54) is 6.42 Å². The number of carbonyl (C=O) groups is 1. The molecule has 4 nitrogen and oxygen atoms in total. The maximum absolute atomic E-state index is 12.7. The molecule has 1 aromatic heterocycles. The van der Waals surface area contributed by atoms with Crippen molar-refractivity contribution in [2.75, 3.05) is 7.11 Å². The van der Waals surface area contributed by atoms with Gasteiger partial charge >= 0.3 is 0 Å². The topological polar surface area (TPSA) is 51.5 Å². The second kappa shape index (κ2) is 6.04. The standard InChI is InChI=1S/C20H19NO3/c1-23-15-10-11-16-17(12-15)24-19(20(22)21-14-8-5-9-14)18(16)13-6-3-2-4-7-13/h2-4,6-7,10-12,14H,5,8-9H2,1H3,(H,21,22). The molecule has 0 atom stereocenters. The van der Waals surface area contributed by atoms with E-state index >= 15 is 0 Å². The first kappa shape index (κ1) is 14.8. The van der Waals surface area contributed by atoms with E-state index in [2.05, 4.69) is 5.32 Å². The summed E-state index contributed by atoms with van der Waals surface area (Å²) in [4.78, 5) is 12.7. The maximum atomic E-state index is 12.7. The van der Waals surface area contributed by atoms with E-state index in [0.29, 0.717) is 17.1 Å². The average Bonchev–Trinajstić information content (AvgIpc) is 2.97. The number of rotatable bonds is 4. The minimum Gasteiger partial charge on any atom is -0.497 e.